The fourth-order valence-electron chi connectivity index (χ4n) is 6.28. The van der Waals surface area contributed by atoms with E-state index in [0.29, 0.717) is 0 Å². The Bertz CT molecular complexity index is 646. The largest absolute Gasteiger partial charge is 0.343 e. The zero-order chi connectivity index (χ0) is 26.0. The third-order valence-electron chi connectivity index (χ3n) is 8.01. The molecule has 0 atom stereocenters. The molecule has 0 bridgehead atoms. The molecule has 1 aromatic rings. The van der Waals surface area contributed by atoms with Crippen molar-refractivity contribution in [2.24, 2.45) is 0 Å². The van der Waals surface area contributed by atoms with Gasteiger partial charge in [-0.15, -0.1) is 0 Å². The minimum absolute atomic E-state index is 0.0465. The first kappa shape index (κ1) is 32.4. The van der Waals surface area contributed by atoms with Gasteiger partial charge in [0.15, 0.2) is 0 Å². The number of hydrogen-bond donors (Lipinski definition) is 0. The number of hydrogen-bond acceptors (Lipinski definition) is 1. The van der Waals surface area contributed by atoms with E-state index >= 15 is 0 Å². The molecule has 0 amide bonds. The van der Waals surface area contributed by atoms with Crippen LogP contribution in [0.2, 0.25) is 0 Å². The molecule has 0 aromatic heterocycles. The van der Waals surface area contributed by atoms with E-state index < -0.39 is 0 Å². The maximum atomic E-state index is 5.72. The SMILES string of the molecule is C1CCC([PH+](C2CCCCC2)C2CCCCC2)CC1.CC(C)Oc1ccccc1[CH]=[Ru][Cl].[CH2-]CCC. The van der Waals surface area contributed by atoms with Crippen LogP contribution in [0.15, 0.2) is 24.3 Å². The summed E-state index contributed by atoms with van der Waals surface area (Å²) in [6.07, 6.45) is 26.3. The first-order valence-electron chi connectivity index (χ1n) is 15.1. The molecule has 3 aliphatic carbocycles. The van der Waals surface area contributed by atoms with Crippen LogP contribution < -0.4 is 4.74 Å². The Labute approximate surface area is 237 Å². The van der Waals surface area contributed by atoms with Crippen LogP contribution in [0, 0.1) is 6.92 Å². The van der Waals surface area contributed by atoms with Gasteiger partial charge in [0.1, 0.15) is 0 Å². The van der Waals surface area contributed by atoms with E-state index in [9.17, 15) is 0 Å². The van der Waals surface area contributed by atoms with Crippen LogP contribution in [-0.4, -0.2) is 27.7 Å². The Morgan fingerprint density at radius 1 is 0.861 bits per heavy atom. The van der Waals surface area contributed by atoms with Crippen molar-refractivity contribution in [3.05, 3.63) is 36.8 Å². The topological polar surface area (TPSA) is 9.23 Å². The quantitative estimate of drug-likeness (QED) is 0.167. The molecule has 0 N–H and O–H groups in total. The Balaban J connectivity index is 0.000000234. The van der Waals surface area contributed by atoms with Crippen LogP contribution >= 0.6 is 17.6 Å². The zero-order valence-electron chi connectivity index (χ0n) is 23.6. The molecule has 0 aliphatic heterocycles. The van der Waals surface area contributed by atoms with Crippen LogP contribution in [0.4, 0.5) is 0 Å². The van der Waals surface area contributed by atoms with Crippen molar-refractivity contribution in [2.45, 2.75) is 153 Å². The molecule has 0 heterocycles. The van der Waals surface area contributed by atoms with E-state index in [1.807, 2.05) is 42.7 Å². The smallest absolute Gasteiger partial charge is 0.0678 e. The maximum Gasteiger partial charge on any atom is -0.0678 e. The van der Waals surface area contributed by atoms with Gasteiger partial charge < -0.3 is 6.92 Å². The van der Waals surface area contributed by atoms with Gasteiger partial charge in [0.2, 0.25) is 0 Å². The third kappa shape index (κ3) is 12.4. The van der Waals surface area contributed by atoms with Crippen LogP contribution in [-0.2, 0) is 15.7 Å². The average molecular weight is 623 g/mol. The first-order chi connectivity index (χ1) is 17.6. The predicted octanol–water partition coefficient (Wildman–Crippen LogP) is 10.7. The summed E-state index contributed by atoms with van der Waals surface area (Å²) in [5.41, 5.74) is 4.78. The molecule has 0 unspecified atom stereocenters. The van der Waals surface area contributed by atoms with Crippen LogP contribution in [0.5, 0.6) is 5.75 Å². The van der Waals surface area contributed by atoms with E-state index in [2.05, 4.69) is 13.8 Å². The molecule has 3 fully saturated rings. The second-order valence-electron chi connectivity index (χ2n) is 11.2. The van der Waals surface area contributed by atoms with Gasteiger partial charge in [0.05, 0.1) is 17.0 Å². The number of ether oxygens (including phenoxy) is 1. The average Bonchev–Trinajstić information content (AvgIpc) is 2.92. The molecular formula is C32H55ClOPRu. The van der Waals surface area contributed by atoms with Crippen LogP contribution in [0.3, 0.4) is 0 Å². The summed E-state index contributed by atoms with van der Waals surface area (Å²) in [6.45, 7) is 9.76. The van der Waals surface area contributed by atoms with E-state index in [1.54, 1.807) is 96.3 Å². The van der Waals surface area contributed by atoms with Crippen molar-refractivity contribution in [1.82, 2.24) is 0 Å². The van der Waals surface area contributed by atoms with Crippen molar-refractivity contribution < 1.29 is 20.4 Å². The predicted molar refractivity (Wildman–Crippen MR) is 162 cm³/mol. The fourth-order valence-corrected chi connectivity index (χ4v) is 12.6. The molecule has 0 saturated heterocycles. The fraction of sp³-hybridized carbons (Fsp3) is 0.750. The summed E-state index contributed by atoms with van der Waals surface area (Å²) >= 11 is -0.191. The van der Waals surface area contributed by atoms with Gasteiger partial charge in [-0.2, -0.15) is 6.42 Å². The Kier molecular flexibility index (Phi) is 18.2. The van der Waals surface area contributed by atoms with E-state index in [4.69, 9.17) is 14.4 Å². The third-order valence-corrected chi connectivity index (χ3v) is 13.8. The van der Waals surface area contributed by atoms with Crippen molar-refractivity contribution in [3.63, 3.8) is 0 Å². The van der Waals surface area contributed by atoms with Crippen molar-refractivity contribution in [1.29, 1.82) is 0 Å². The molecule has 1 nitrogen and oxygen atoms in total. The minimum atomic E-state index is -0.191. The molecule has 0 spiro atoms. The first-order valence-corrected chi connectivity index (χ1v) is 20.0. The van der Waals surface area contributed by atoms with E-state index in [1.165, 1.54) is 23.4 Å². The summed E-state index contributed by atoms with van der Waals surface area (Å²) in [4.78, 5) is 0. The molecule has 3 aliphatic rings. The van der Waals surface area contributed by atoms with Crippen molar-refractivity contribution in [3.8, 4) is 5.75 Å². The monoisotopic (exact) mass is 623 g/mol. The number of halogens is 1. The van der Waals surface area contributed by atoms with Gasteiger partial charge >= 0.3 is 90.3 Å². The second kappa shape index (κ2) is 20.2. The maximum absolute atomic E-state index is 5.72. The molecule has 1 aromatic carbocycles. The minimum Gasteiger partial charge on any atom is -0.343 e. The number of unbranched alkanes of at least 4 members (excludes halogenated alkanes) is 1. The Morgan fingerprint density at radius 3 is 1.64 bits per heavy atom. The van der Waals surface area contributed by atoms with Gasteiger partial charge in [0.25, 0.3) is 0 Å². The van der Waals surface area contributed by atoms with Crippen molar-refractivity contribution >= 4 is 22.2 Å². The number of para-hydroxylation sites is 1. The summed E-state index contributed by atoms with van der Waals surface area (Å²) in [5.74, 6) is 0.924. The van der Waals surface area contributed by atoms with Gasteiger partial charge in [-0.05, 0) is 77.0 Å². The van der Waals surface area contributed by atoms with Gasteiger partial charge in [-0.3, -0.25) is 0 Å². The molecule has 209 valence electrons. The molecular weight excluding hydrogens is 568 g/mol. The summed E-state index contributed by atoms with van der Waals surface area (Å²) in [5, 5.41) is 0. The standard InChI is InChI=1S/C18H33P.C10H12O.C4H9.ClH.Ru/c1-4-10-16(11-5-1)19(17-12-6-2-7-13-17)18-14-8-3-9-15-18;1-8(2)11-10-7-5-4-6-9(10)3;1-3-4-2;;/h16-18H,1-15H2;3-8H,1-2H3;1,3-4H2,2H3;1H;/q;;-1;;+1. The molecule has 36 heavy (non-hydrogen) atoms. The number of benzene rings is 1. The van der Waals surface area contributed by atoms with Gasteiger partial charge in [-0.1, -0.05) is 32.6 Å². The molecule has 3 saturated carbocycles. The van der Waals surface area contributed by atoms with E-state index in [-0.39, 0.29) is 29.7 Å². The second-order valence-corrected chi connectivity index (χ2v) is 16.5. The Morgan fingerprint density at radius 2 is 1.28 bits per heavy atom. The zero-order valence-corrected chi connectivity index (χ0v) is 27.1. The van der Waals surface area contributed by atoms with E-state index in [0.717, 1.165) is 17.7 Å². The summed E-state index contributed by atoms with van der Waals surface area (Å²) < 4.78 is 7.66. The molecule has 4 rings (SSSR count). The van der Waals surface area contributed by atoms with Crippen LogP contribution in [0.25, 0.3) is 0 Å². The van der Waals surface area contributed by atoms with Crippen LogP contribution in [0.1, 0.15) is 135 Å². The Hall–Kier alpha value is 0.233. The van der Waals surface area contributed by atoms with Gasteiger partial charge in [-0.25, -0.2) is 0 Å². The number of rotatable bonds is 7. The molecule has 0 radical (unpaired) electrons. The van der Waals surface area contributed by atoms with Gasteiger partial charge in [0, 0.05) is 7.92 Å². The summed E-state index contributed by atoms with van der Waals surface area (Å²) in [6, 6.07) is 7.96. The normalized spacial score (nSPS) is 20.3. The molecule has 4 heteroatoms. The van der Waals surface area contributed by atoms with Crippen molar-refractivity contribution in [2.75, 3.05) is 0 Å². The summed E-state index contributed by atoms with van der Waals surface area (Å²) in [7, 11) is 5.68.